The third kappa shape index (κ3) is 3.06. The molecule has 0 atom stereocenters. The van der Waals surface area contributed by atoms with Crippen LogP contribution in [0.5, 0.6) is 5.75 Å². The fourth-order valence-corrected chi connectivity index (χ4v) is 3.67. The number of nitrogens with one attached hydrogen (secondary N) is 2. The normalized spacial score (nSPS) is 11.8. The van der Waals surface area contributed by atoms with Crippen molar-refractivity contribution >= 4 is 39.4 Å². The SMILES string of the molecule is COc1ccccc1C(=O)/C(=C\c1c[nH]c2ccccc12)c1nc2ccccc2[nH]1. The van der Waals surface area contributed by atoms with Crippen molar-refractivity contribution in [3.63, 3.8) is 0 Å². The van der Waals surface area contributed by atoms with Crippen molar-refractivity contribution in [1.29, 1.82) is 0 Å². The second-order valence-electron chi connectivity index (χ2n) is 6.98. The first-order valence-corrected chi connectivity index (χ1v) is 9.65. The van der Waals surface area contributed by atoms with Crippen LogP contribution in [0.2, 0.25) is 0 Å². The molecule has 0 saturated carbocycles. The Hall–Kier alpha value is -4.12. The molecular formula is C25H19N3O2. The molecule has 2 heterocycles. The van der Waals surface area contributed by atoms with Gasteiger partial charge in [-0.15, -0.1) is 0 Å². The Labute approximate surface area is 173 Å². The third-order valence-electron chi connectivity index (χ3n) is 5.16. The van der Waals surface area contributed by atoms with E-state index >= 15 is 0 Å². The van der Waals surface area contributed by atoms with Crippen molar-refractivity contribution < 1.29 is 9.53 Å². The molecule has 2 aromatic heterocycles. The summed E-state index contributed by atoms with van der Waals surface area (Å²) < 4.78 is 5.43. The molecule has 0 radical (unpaired) electrons. The Balaban J connectivity index is 1.72. The van der Waals surface area contributed by atoms with Crippen LogP contribution in [-0.2, 0) is 0 Å². The Morgan fingerprint density at radius 1 is 0.933 bits per heavy atom. The second kappa shape index (κ2) is 7.37. The van der Waals surface area contributed by atoms with E-state index in [-0.39, 0.29) is 5.78 Å². The van der Waals surface area contributed by atoms with E-state index in [1.165, 1.54) is 0 Å². The van der Waals surface area contributed by atoms with Crippen molar-refractivity contribution in [2.45, 2.75) is 0 Å². The molecule has 146 valence electrons. The number of rotatable bonds is 5. The summed E-state index contributed by atoms with van der Waals surface area (Å²) in [5.41, 5.74) is 4.59. The number of methoxy groups -OCH3 is 1. The molecule has 0 bridgehead atoms. The van der Waals surface area contributed by atoms with Crippen molar-refractivity contribution in [1.82, 2.24) is 15.0 Å². The highest BCUT2D eigenvalue weighted by Crippen LogP contribution is 2.29. The molecule has 5 heteroatoms. The molecule has 0 fully saturated rings. The summed E-state index contributed by atoms with van der Waals surface area (Å²) in [6.45, 7) is 0. The Morgan fingerprint density at radius 2 is 1.67 bits per heavy atom. The van der Waals surface area contributed by atoms with Crippen LogP contribution in [0.3, 0.4) is 0 Å². The summed E-state index contributed by atoms with van der Waals surface area (Å²) in [7, 11) is 1.57. The summed E-state index contributed by atoms with van der Waals surface area (Å²) in [5, 5.41) is 1.04. The molecule has 0 aliphatic rings. The number of para-hydroxylation sites is 4. The summed E-state index contributed by atoms with van der Waals surface area (Å²) in [4.78, 5) is 24.9. The van der Waals surface area contributed by atoms with Gasteiger partial charge in [-0.05, 0) is 36.4 Å². The number of allylic oxidation sites excluding steroid dienone is 1. The van der Waals surface area contributed by atoms with Gasteiger partial charge in [0.2, 0.25) is 0 Å². The maximum absolute atomic E-state index is 13.6. The quantitative estimate of drug-likeness (QED) is 0.307. The molecule has 30 heavy (non-hydrogen) atoms. The minimum Gasteiger partial charge on any atom is -0.496 e. The van der Waals surface area contributed by atoms with Gasteiger partial charge in [0.05, 0.1) is 29.3 Å². The number of H-pyrrole nitrogens is 2. The number of carbonyl (C=O) groups is 1. The lowest BCUT2D eigenvalue weighted by Gasteiger charge is -2.09. The Morgan fingerprint density at radius 3 is 2.50 bits per heavy atom. The zero-order valence-electron chi connectivity index (χ0n) is 16.3. The summed E-state index contributed by atoms with van der Waals surface area (Å²) in [5.74, 6) is 0.901. The number of fused-ring (bicyclic) bond motifs is 2. The molecule has 0 unspecified atom stereocenters. The first kappa shape index (κ1) is 17.9. The number of carbonyl (C=O) groups excluding carboxylic acids is 1. The van der Waals surface area contributed by atoms with Crippen molar-refractivity contribution in [2.75, 3.05) is 7.11 Å². The Kier molecular flexibility index (Phi) is 4.41. The van der Waals surface area contributed by atoms with Gasteiger partial charge in [0.1, 0.15) is 11.6 Å². The van der Waals surface area contributed by atoms with Crippen LogP contribution in [-0.4, -0.2) is 27.8 Å². The van der Waals surface area contributed by atoms with Gasteiger partial charge in [-0.2, -0.15) is 0 Å². The third-order valence-corrected chi connectivity index (χ3v) is 5.16. The van der Waals surface area contributed by atoms with Crippen LogP contribution in [0.15, 0.2) is 79.0 Å². The zero-order chi connectivity index (χ0) is 20.5. The van der Waals surface area contributed by atoms with Crippen LogP contribution >= 0.6 is 0 Å². The number of aromatic amines is 2. The van der Waals surface area contributed by atoms with E-state index in [1.807, 2.05) is 72.9 Å². The molecule has 0 aliphatic carbocycles. The van der Waals surface area contributed by atoms with E-state index in [0.29, 0.717) is 22.7 Å². The predicted octanol–water partition coefficient (Wildman–Crippen LogP) is 5.48. The molecule has 0 amide bonds. The predicted molar refractivity (Wildman–Crippen MR) is 120 cm³/mol. The lowest BCUT2D eigenvalue weighted by atomic mass is 9.99. The topological polar surface area (TPSA) is 70.8 Å². The standard InChI is InChI=1S/C25H19N3O2/c1-30-23-13-7-3-9-18(23)24(29)19(25-27-21-11-5-6-12-22(21)28-25)14-16-15-26-20-10-4-2-8-17(16)20/h2-15,26H,1H3,(H,27,28)/b19-14+. The van der Waals surface area contributed by atoms with Gasteiger partial charge in [0.25, 0.3) is 0 Å². The number of ketones is 1. The average molecular weight is 393 g/mol. The van der Waals surface area contributed by atoms with Gasteiger partial charge in [-0.1, -0.05) is 42.5 Å². The van der Waals surface area contributed by atoms with Gasteiger partial charge in [0, 0.05) is 22.7 Å². The first-order valence-electron chi connectivity index (χ1n) is 9.65. The van der Waals surface area contributed by atoms with Crippen molar-refractivity contribution in [3.05, 3.63) is 95.9 Å². The van der Waals surface area contributed by atoms with Crippen molar-refractivity contribution in [3.8, 4) is 5.75 Å². The fraction of sp³-hybridized carbons (Fsp3) is 0.0400. The molecule has 0 spiro atoms. The maximum atomic E-state index is 13.6. The highest BCUT2D eigenvalue weighted by atomic mass is 16.5. The number of nitrogens with zero attached hydrogens (tertiary/aromatic N) is 1. The highest BCUT2D eigenvalue weighted by molar-refractivity contribution is 6.33. The lowest BCUT2D eigenvalue weighted by molar-refractivity contribution is 0.105. The van der Waals surface area contributed by atoms with E-state index in [1.54, 1.807) is 19.2 Å². The number of hydrogen-bond acceptors (Lipinski definition) is 3. The summed E-state index contributed by atoms with van der Waals surface area (Å²) in [6.07, 6.45) is 3.79. The number of benzene rings is 3. The summed E-state index contributed by atoms with van der Waals surface area (Å²) in [6, 6.07) is 23.0. The smallest absolute Gasteiger partial charge is 0.200 e. The highest BCUT2D eigenvalue weighted by Gasteiger charge is 2.21. The molecule has 3 aromatic carbocycles. The van der Waals surface area contributed by atoms with Gasteiger partial charge < -0.3 is 14.7 Å². The second-order valence-corrected chi connectivity index (χ2v) is 6.98. The first-order chi connectivity index (χ1) is 14.7. The summed E-state index contributed by atoms with van der Waals surface area (Å²) >= 11 is 0. The number of ether oxygens (including phenoxy) is 1. The molecule has 5 rings (SSSR count). The zero-order valence-corrected chi connectivity index (χ0v) is 16.3. The van der Waals surface area contributed by atoms with E-state index in [4.69, 9.17) is 4.74 Å². The van der Waals surface area contributed by atoms with Crippen LogP contribution < -0.4 is 4.74 Å². The number of imidazole rings is 1. The van der Waals surface area contributed by atoms with E-state index < -0.39 is 0 Å². The van der Waals surface area contributed by atoms with E-state index in [0.717, 1.165) is 27.5 Å². The van der Waals surface area contributed by atoms with Crippen LogP contribution in [0.1, 0.15) is 21.7 Å². The van der Waals surface area contributed by atoms with Gasteiger partial charge >= 0.3 is 0 Å². The minimum atomic E-state index is -0.156. The van der Waals surface area contributed by atoms with Crippen LogP contribution in [0.4, 0.5) is 0 Å². The fourth-order valence-electron chi connectivity index (χ4n) is 3.67. The van der Waals surface area contributed by atoms with Gasteiger partial charge in [-0.25, -0.2) is 4.98 Å². The maximum Gasteiger partial charge on any atom is 0.200 e. The van der Waals surface area contributed by atoms with Gasteiger partial charge in [0.15, 0.2) is 5.78 Å². The van der Waals surface area contributed by atoms with E-state index in [2.05, 4.69) is 15.0 Å². The molecule has 2 N–H and O–H groups in total. The van der Waals surface area contributed by atoms with E-state index in [9.17, 15) is 4.79 Å². The monoisotopic (exact) mass is 393 g/mol. The molecule has 0 aliphatic heterocycles. The van der Waals surface area contributed by atoms with Crippen LogP contribution in [0.25, 0.3) is 33.6 Å². The van der Waals surface area contributed by atoms with Gasteiger partial charge in [-0.3, -0.25) is 4.79 Å². The minimum absolute atomic E-state index is 0.156. The molecule has 5 aromatic rings. The largest absolute Gasteiger partial charge is 0.496 e. The number of hydrogen-bond donors (Lipinski definition) is 2. The van der Waals surface area contributed by atoms with Crippen LogP contribution in [0, 0.1) is 0 Å². The van der Waals surface area contributed by atoms with Crippen molar-refractivity contribution in [2.24, 2.45) is 0 Å². The Bertz CT molecular complexity index is 1380. The lowest BCUT2D eigenvalue weighted by Crippen LogP contribution is -2.06. The molecule has 5 nitrogen and oxygen atoms in total. The average Bonchev–Trinajstić information content (AvgIpc) is 3.41. The number of Topliss-reactive ketones (excluding diaryl/α,β-unsaturated/α-hetero) is 1. The number of aromatic nitrogens is 3. The molecule has 0 saturated heterocycles. The molecular weight excluding hydrogens is 374 g/mol.